The molecule has 4 aromatic carbocycles. The Balaban J connectivity index is 1.49. The maximum absolute atomic E-state index is 13.9. The van der Waals surface area contributed by atoms with Crippen LogP contribution in [0.3, 0.4) is 0 Å². The molecule has 0 unspecified atom stereocenters. The van der Waals surface area contributed by atoms with Crippen LogP contribution in [0.15, 0.2) is 97.1 Å². The fourth-order valence-corrected chi connectivity index (χ4v) is 5.59. The summed E-state index contributed by atoms with van der Waals surface area (Å²) >= 11 is 6.10. The molecule has 1 saturated heterocycles. The van der Waals surface area contributed by atoms with Crippen molar-refractivity contribution in [1.29, 1.82) is 0 Å². The first-order valence-corrected chi connectivity index (χ1v) is 12.3. The van der Waals surface area contributed by atoms with E-state index in [0.29, 0.717) is 22.2 Å². The van der Waals surface area contributed by atoms with Crippen molar-refractivity contribution in [3.8, 4) is 22.8 Å². The zero-order valence-corrected chi connectivity index (χ0v) is 20.5. The zero-order chi connectivity index (χ0) is 25.1. The topological polar surface area (TPSA) is 64.5 Å². The van der Waals surface area contributed by atoms with Gasteiger partial charge in [-0.25, -0.2) is 9.97 Å². The SMILES string of the molecule is COc1ccc(N2C(=O)[C@H](Oc3ccc(Cl)cc3)[C@]23c2ccccc2-c2nc4ccccc4nc23)cc1. The molecule has 7 rings (SSSR count). The fraction of sp³-hybridized carbons (Fsp3) is 0.100. The molecular weight excluding hydrogens is 486 g/mol. The molecule has 1 aliphatic carbocycles. The van der Waals surface area contributed by atoms with E-state index in [1.54, 1.807) is 36.3 Å². The van der Waals surface area contributed by atoms with Gasteiger partial charge >= 0.3 is 0 Å². The highest BCUT2D eigenvalue weighted by Gasteiger charge is 2.69. The molecule has 6 nitrogen and oxygen atoms in total. The highest BCUT2D eigenvalue weighted by molar-refractivity contribution is 6.30. The predicted molar refractivity (Wildman–Crippen MR) is 142 cm³/mol. The number of anilines is 1. The van der Waals surface area contributed by atoms with E-state index >= 15 is 0 Å². The van der Waals surface area contributed by atoms with Crippen molar-refractivity contribution in [2.45, 2.75) is 11.6 Å². The molecule has 1 aromatic heterocycles. The average Bonchev–Trinajstić information content (AvgIpc) is 3.23. The summed E-state index contributed by atoms with van der Waals surface area (Å²) in [5, 5.41) is 0.593. The molecule has 2 atom stereocenters. The predicted octanol–water partition coefficient (Wildman–Crippen LogP) is 6.01. The second-order valence-electron chi connectivity index (χ2n) is 9.04. The molecule has 0 radical (unpaired) electrons. The third kappa shape index (κ3) is 3.02. The van der Waals surface area contributed by atoms with Crippen molar-refractivity contribution in [2.24, 2.45) is 0 Å². The number of benzene rings is 4. The number of aromatic nitrogens is 2. The summed E-state index contributed by atoms with van der Waals surface area (Å²) in [7, 11) is 1.62. The Morgan fingerprint density at radius 1 is 0.811 bits per heavy atom. The summed E-state index contributed by atoms with van der Waals surface area (Å²) in [6, 6.07) is 30.3. The average molecular weight is 506 g/mol. The molecule has 1 spiro atoms. The van der Waals surface area contributed by atoms with Gasteiger partial charge in [0.15, 0.2) is 5.54 Å². The first-order valence-electron chi connectivity index (χ1n) is 11.9. The van der Waals surface area contributed by atoms with Gasteiger partial charge in [0.05, 0.1) is 23.8 Å². The minimum absolute atomic E-state index is 0.169. The van der Waals surface area contributed by atoms with E-state index in [2.05, 4.69) is 0 Å². The minimum Gasteiger partial charge on any atom is -0.497 e. The number of nitrogens with zero attached hydrogens (tertiary/aromatic N) is 3. The summed E-state index contributed by atoms with van der Waals surface area (Å²) < 4.78 is 11.8. The van der Waals surface area contributed by atoms with Gasteiger partial charge in [0.2, 0.25) is 6.10 Å². The largest absolute Gasteiger partial charge is 0.497 e. The van der Waals surface area contributed by atoms with E-state index < -0.39 is 11.6 Å². The standard InChI is InChI=1S/C30H20ClN3O3/c1-36-20-16-12-19(13-17-20)34-29(35)28(37-21-14-10-18(31)11-15-21)30(34)23-7-3-2-6-22(23)26-27(30)33-25-9-5-4-8-24(25)32-26/h2-17,28H,1H3/t28-,30+/m0/s1. The third-order valence-corrected chi connectivity index (χ3v) is 7.35. The number of fused-ring (bicyclic) bond motifs is 6. The Hall–Kier alpha value is -4.42. The number of carbonyl (C=O) groups is 1. The number of amides is 1. The van der Waals surface area contributed by atoms with Crippen LogP contribution in [-0.4, -0.2) is 29.1 Å². The van der Waals surface area contributed by atoms with E-state index in [-0.39, 0.29) is 5.91 Å². The van der Waals surface area contributed by atoms with Crippen molar-refractivity contribution in [3.05, 3.63) is 113 Å². The number of methoxy groups -OCH3 is 1. The monoisotopic (exact) mass is 505 g/mol. The van der Waals surface area contributed by atoms with Crippen LogP contribution in [0.4, 0.5) is 5.69 Å². The van der Waals surface area contributed by atoms with Gasteiger partial charge < -0.3 is 9.47 Å². The summed E-state index contributed by atoms with van der Waals surface area (Å²) in [6.07, 6.45) is -0.853. The summed E-state index contributed by atoms with van der Waals surface area (Å²) in [5.41, 5.74) is 4.58. The lowest BCUT2D eigenvalue weighted by Gasteiger charge is -2.54. The highest BCUT2D eigenvalue weighted by Crippen LogP contribution is 2.58. The molecular formula is C30H20ClN3O3. The molecule has 5 aromatic rings. The number of ether oxygens (including phenoxy) is 2. The Bertz CT molecular complexity index is 1690. The molecule has 0 N–H and O–H groups in total. The smallest absolute Gasteiger partial charge is 0.272 e. The lowest BCUT2D eigenvalue weighted by molar-refractivity contribution is -0.139. The maximum Gasteiger partial charge on any atom is 0.272 e. The quantitative estimate of drug-likeness (QED) is 0.280. The van der Waals surface area contributed by atoms with Crippen LogP contribution < -0.4 is 14.4 Å². The number of para-hydroxylation sites is 2. The van der Waals surface area contributed by atoms with Crippen molar-refractivity contribution < 1.29 is 14.3 Å². The normalized spacial score (nSPS) is 19.5. The molecule has 1 amide bonds. The molecule has 0 saturated carbocycles. The first-order chi connectivity index (χ1) is 18.1. The number of hydrogen-bond acceptors (Lipinski definition) is 5. The van der Waals surface area contributed by atoms with E-state index in [4.69, 9.17) is 31.0 Å². The second-order valence-corrected chi connectivity index (χ2v) is 9.48. The van der Waals surface area contributed by atoms with Crippen molar-refractivity contribution in [2.75, 3.05) is 12.0 Å². The van der Waals surface area contributed by atoms with E-state index in [9.17, 15) is 4.79 Å². The molecule has 37 heavy (non-hydrogen) atoms. The number of β-lactam (4-membered cyclic amide) rings is 1. The molecule has 180 valence electrons. The molecule has 7 heteroatoms. The second kappa shape index (κ2) is 8.05. The Morgan fingerprint density at radius 3 is 2.19 bits per heavy atom. The van der Waals surface area contributed by atoms with Gasteiger partial charge in [0, 0.05) is 16.3 Å². The lowest BCUT2D eigenvalue weighted by Crippen LogP contribution is -2.74. The number of carbonyl (C=O) groups excluding carboxylic acids is 1. The van der Waals surface area contributed by atoms with Crippen molar-refractivity contribution >= 4 is 34.2 Å². The molecule has 1 fully saturated rings. The first kappa shape index (κ1) is 21.8. The lowest BCUT2D eigenvalue weighted by atomic mass is 9.74. The summed E-state index contributed by atoms with van der Waals surface area (Å²) in [4.78, 5) is 25.8. The Morgan fingerprint density at radius 2 is 1.46 bits per heavy atom. The van der Waals surface area contributed by atoms with Crippen LogP contribution in [0.25, 0.3) is 22.3 Å². The summed E-state index contributed by atoms with van der Waals surface area (Å²) in [6.45, 7) is 0. The van der Waals surface area contributed by atoms with Crippen molar-refractivity contribution in [3.63, 3.8) is 0 Å². The van der Waals surface area contributed by atoms with Crippen molar-refractivity contribution in [1.82, 2.24) is 9.97 Å². The van der Waals surface area contributed by atoms with Crippen LogP contribution in [0, 0.1) is 0 Å². The molecule has 2 aliphatic rings. The highest BCUT2D eigenvalue weighted by atomic mass is 35.5. The fourth-order valence-electron chi connectivity index (χ4n) is 5.46. The number of halogens is 1. The summed E-state index contributed by atoms with van der Waals surface area (Å²) in [5.74, 6) is 1.09. The van der Waals surface area contributed by atoms with Gasteiger partial charge in [-0.2, -0.15) is 0 Å². The van der Waals surface area contributed by atoms with E-state index in [0.717, 1.165) is 33.5 Å². The molecule has 1 aliphatic heterocycles. The Kier molecular flexibility index (Phi) is 4.75. The van der Waals surface area contributed by atoms with Gasteiger partial charge in [-0.1, -0.05) is 48.0 Å². The van der Waals surface area contributed by atoms with Crippen LogP contribution in [0.1, 0.15) is 11.3 Å². The van der Waals surface area contributed by atoms with Gasteiger partial charge in [0.25, 0.3) is 5.91 Å². The molecule has 2 heterocycles. The maximum atomic E-state index is 13.9. The van der Waals surface area contributed by atoms with Crippen LogP contribution in [-0.2, 0) is 10.3 Å². The van der Waals surface area contributed by atoms with E-state index in [1.165, 1.54) is 0 Å². The number of hydrogen-bond donors (Lipinski definition) is 0. The Labute approximate surface area is 218 Å². The number of rotatable bonds is 4. The van der Waals surface area contributed by atoms with Crippen LogP contribution in [0.5, 0.6) is 11.5 Å². The zero-order valence-electron chi connectivity index (χ0n) is 19.8. The van der Waals surface area contributed by atoms with Gasteiger partial charge in [-0.3, -0.25) is 9.69 Å². The van der Waals surface area contributed by atoms with Crippen LogP contribution >= 0.6 is 11.6 Å². The van der Waals surface area contributed by atoms with Gasteiger partial charge in [-0.15, -0.1) is 0 Å². The third-order valence-electron chi connectivity index (χ3n) is 7.10. The molecule has 0 bridgehead atoms. The van der Waals surface area contributed by atoms with Crippen LogP contribution in [0.2, 0.25) is 5.02 Å². The van der Waals surface area contributed by atoms with E-state index in [1.807, 2.05) is 72.8 Å². The van der Waals surface area contributed by atoms with Gasteiger partial charge in [-0.05, 0) is 66.2 Å². The minimum atomic E-state index is -1.01. The van der Waals surface area contributed by atoms with Gasteiger partial charge in [0.1, 0.15) is 17.2 Å².